The SMILES string of the molecule is COc1ccc(C2(C=O)CCC(=O)CC2)cc1OC1CCCC1.COc1ccc(C2(C=O)CCC(=O)CC2)cc1OC1CCCC1. The summed E-state index contributed by atoms with van der Waals surface area (Å²) in [7, 11) is 3.26. The lowest BCUT2D eigenvalue weighted by Crippen LogP contribution is -2.33. The summed E-state index contributed by atoms with van der Waals surface area (Å²) in [5, 5.41) is 0. The maximum absolute atomic E-state index is 11.8. The van der Waals surface area contributed by atoms with Crippen molar-refractivity contribution in [1.29, 1.82) is 0 Å². The van der Waals surface area contributed by atoms with Crippen molar-refractivity contribution in [3.05, 3.63) is 47.5 Å². The van der Waals surface area contributed by atoms with Crippen LogP contribution in [0.15, 0.2) is 36.4 Å². The van der Waals surface area contributed by atoms with Crippen LogP contribution in [0, 0.1) is 0 Å². The Balaban J connectivity index is 0.000000181. The first-order chi connectivity index (χ1) is 22.3. The van der Waals surface area contributed by atoms with Crippen molar-refractivity contribution in [1.82, 2.24) is 0 Å². The fourth-order valence-electron chi connectivity index (χ4n) is 7.43. The van der Waals surface area contributed by atoms with Gasteiger partial charge in [-0.25, -0.2) is 0 Å². The Hall–Kier alpha value is -3.68. The fourth-order valence-corrected chi connectivity index (χ4v) is 7.43. The average Bonchev–Trinajstić information content (AvgIpc) is 3.81. The van der Waals surface area contributed by atoms with E-state index in [-0.39, 0.29) is 23.8 Å². The highest BCUT2D eigenvalue weighted by molar-refractivity contribution is 5.84. The lowest BCUT2D eigenvalue weighted by Gasteiger charge is -2.32. The van der Waals surface area contributed by atoms with Crippen LogP contribution in [0.5, 0.6) is 23.0 Å². The molecule has 0 N–H and O–H groups in total. The number of ketones is 2. The lowest BCUT2D eigenvalue weighted by atomic mass is 9.70. The molecule has 248 valence electrons. The number of ether oxygens (including phenoxy) is 4. The van der Waals surface area contributed by atoms with Crippen LogP contribution in [0.25, 0.3) is 0 Å². The van der Waals surface area contributed by atoms with Gasteiger partial charge in [-0.15, -0.1) is 0 Å². The van der Waals surface area contributed by atoms with Crippen LogP contribution < -0.4 is 18.9 Å². The van der Waals surface area contributed by atoms with Crippen molar-refractivity contribution >= 4 is 24.1 Å². The normalized spacial score (nSPS) is 21.2. The molecule has 8 heteroatoms. The Morgan fingerprint density at radius 1 is 0.565 bits per heavy atom. The number of hydrogen-bond acceptors (Lipinski definition) is 8. The second-order valence-electron chi connectivity index (χ2n) is 13.4. The maximum atomic E-state index is 11.8. The van der Waals surface area contributed by atoms with Gasteiger partial charge in [-0.3, -0.25) is 9.59 Å². The molecule has 0 aliphatic heterocycles. The molecular weight excluding hydrogens is 584 g/mol. The Morgan fingerprint density at radius 3 is 1.22 bits per heavy atom. The summed E-state index contributed by atoms with van der Waals surface area (Å²) in [4.78, 5) is 46.7. The first-order valence-electron chi connectivity index (χ1n) is 17.0. The van der Waals surface area contributed by atoms with E-state index in [1.807, 2.05) is 36.4 Å². The van der Waals surface area contributed by atoms with E-state index in [1.165, 1.54) is 25.7 Å². The Labute approximate surface area is 272 Å². The van der Waals surface area contributed by atoms with Crippen molar-refractivity contribution < 1.29 is 38.1 Å². The molecule has 0 heterocycles. The number of hydrogen-bond donors (Lipinski definition) is 0. The molecule has 4 saturated carbocycles. The van der Waals surface area contributed by atoms with Gasteiger partial charge < -0.3 is 28.5 Å². The quantitative estimate of drug-likeness (QED) is 0.254. The van der Waals surface area contributed by atoms with Crippen LogP contribution in [0.3, 0.4) is 0 Å². The number of aldehydes is 2. The van der Waals surface area contributed by atoms with Crippen LogP contribution in [0.2, 0.25) is 0 Å². The van der Waals surface area contributed by atoms with E-state index in [2.05, 4.69) is 0 Å². The summed E-state index contributed by atoms with van der Waals surface area (Å²) < 4.78 is 23.1. The molecule has 0 unspecified atom stereocenters. The van der Waals surface area contributed by atoms with Gasteiger partial charge in [-0.2, -0.15) is 0 Å². The van der Waals surface area contributed by atoms with Crippen LogP contribution in [-0.4, -0.2) is 50.6 Å². The largest absolute Gasteiger partial charge is 0.493 e. The van der Waals surface area contributed by atoms with E-state index >= 15 is 0 Å². The van der Waals surface area contributed by atoms with Gasteiger partial charge in [0.1, 0.15) is 24.1 Å². The summed E-state index contributed by atoms with van der Waals surface area (Å²) in [6, 6.07) is 11.5. The number of methoxy groups -OCH3 is 2. The maximum Gasteiger partial charge on any atom is 0.161 e. The zero-order valence-corrected chi connectivity index (χ0v) is 27.4. The summed E-state index contributed by atoms with van der Waals surface area (Å²) >= 11 is 0. The van der Waals surface area contributed by atoms with Crippen LogP contribution in [0.1, 0.15) is 114 Å². The number of rotatable bonds is 10. The zero-order valence-electron chi connectivity index (χ0n) is 27.4. The summed E-state index contributed by atoms with van der Waals surface area (Å²) in [6.07, 6.45) is 15.8. The van der Waals surface area contributed by atoms with Crippen LogP contribution >= 0.6 is 0 Å². The summed E-state index contributed by atoms with van der Waals surface area (Å²) in [5.74, 6) is 3.34. The predicted molar refractivity (Wildman–Crippen MR) is 174 cm³/mol. The van der Waals surface area contributed by atoms with Gasteiger partial charge in [0.15, 0.2) is 23.0 Å². The topological polar surface area (TPSA) is 105 Å². The molecule has 0 bridgehead atoms. The predicted octanol–water partition coefficient (Wildman–Crippen LogP) is 7.19. The van der Waals surface area contributed by atoms with Crippen molar-refractivity contribution in [3.63, 3.8) is 0 Å². The molecular formula is C38H48O8. The van der Waals surface area contributed by atoms with Crippen molar-refractivity contribution in [2.75, 3.05) is 14.2 Å². The van der Waals surface area contributed by atoms with Gasteiger partial charge in [0, 0.05) is 25.7 Å². The summed E-state index contributed by atoms with van der Waals surface area (Å²) in [5.41, 5.74) is 0.754. The highest BCUT2D eigenvalue weighted by atomic mass is 16.5. The Morgan fingerprint density at radius 2 is 0.913 bits per heavy atom. The highest BCUT2D eigenvalue weighted by Gasteiger charge is 2.38. The minimum atomic E-state index is -0.562. The molecule has 0 spiro atoms. The minimum absolute atomic E-state index is 0.235. The Bertz CT molecular complexity index is 1260. The molecule has 4 fully saturated rings. The number of carbonyl (C=O) groups excluding carboxylic acids is 4. The molecule has 0 radical (unpaired) electrons. The molecule has 6 rings (SSSR count). The lowest BCUT2D eigenvalue weighted by molar-refractivity contribution is -0.124. The van der Waals surface area contributed by atoms with Gasteiger partial charge in [0.2, 0.25) is 0 Å². The monoisotopic (exact) mass is 632 g/mol. The van der Waals surface area contributed by atoms with E-state index in [0.717, 1.165) is 60.9 Å². The molecule has 4 aliphatic carbocycles. The van der Waals surface area contributed by atoms with Crippen LogP contribution in [0.4, 0.5) is 0 Å². The van der Waals surface area contributed by atoms with Gasteiger partial charge in [-0.1, -0.05) is 12.1 Å². The molecule has 4 aliphatic rings. The molecule has 0 saturated heterocycles. The summed E-state index contributed by atoms with van der Waals surface area (Å²) in [6.45, 7) is 0. The highest BCUT2D eigenvalue weighted by Crippen LogP contribution is 2.42. The fraction of sp³-hybridized carbons (Fsp3) is 0.579. The van der Waals surface area contributed by atoms with E-state index in [4.69, 9.17) is 18.9 Å². The molecule has 2 aromatic rings. The van der Waals surface area contributed by atoms with Gasteiger partial charge in [-0.05, 0) is 112 Å². The molecule has 0 aromatic heterocycles. The van der Waals surface area contributed by atoms with Crippen LogP contribution in [-0.2, 0) is 30.0 Å². The van der Waals surface area contributed by atoms with E-state index < -0.39 is 10.8 Å². The van der Waals surface area contributed by atoms with Crippen molar-refractivity contribution in [3.8, 4) is 23.0 Å². The smallest absolute Gasteiger partial charge is 0.161 e. The molecule has 8 nitrogen and oxygen atoms in total. The van der Waals surface area contributed by atoms with Gasteiger partial charge in [0.05, 0.1) is 37.3 Å². The third-order valence-electron chi connectivity index (χ3n) is 10.5. The van der Waals surface area contributed by atoms with Crippen molar-refractivity contribution in [2.45, 2.75) is 126 Å². The van der Waals surface area contributed by atoms with E-state index in [0.29, 0.717) is 62.9 Å². The molecule has 0 atom stereocenters. The first-order valence-corrected chi connectivity index (χ1v) is 17.0. The standard InChI is InChI=1S/2C19H24O4/c2*1-22-17-7-6-14(12-18(17)23-16-4-2-3-5-16)19(13-20)10-8-15(21)9-11-19/h2*6-7,12-13,16H,2-5,8-11H2,1H3. The number of benzene rings is 2. The van der Waals surface area contributed by atoms with E-state index in [1.54, 1.807) is 14.2 Å². The third-order valence-corrected chi connectivity index (χ3v) is 10.5. The zero-order chi connectivity index (χ0) is 32.6. The second-order valence-corrected chi connectivity index (χ2v) is 13.4. The van der Waals surface area contributed by atoms with E-state index in [9.17, 15) is 19.2 Å². The van der Waals surface area contributed by atoms with Gasteiger partial charge in [0.25, 0.3) is 0 Å². The number of carbonyl (C=O) groups is 4. The molecule has 2 aromatic carbocycles. The average molecular weight is 633 g/mol. The molecule has 46 heavy (non-hydrogen) atoms. The van der Waals surface area contributed by atoms with Gasteiger partial charge >= 0.3 is 0 Å². The second kappa shape index (κ2) is 15.3. The first kappa shape index (κ1) is 33.7. The Kier molecular flexibility index (Phi) is 11.2. The third kappa shape index (κ3) is 7.64. The number of Topliss-reactive ketones (excluding diaryl/α,β-unsaturated/α-hetero) is 2. The van der Waals surface area contributed by atoms with Crippen molar-refractivity contribution in [2.24, 2.45) is 0 Å². The minimum Gasteiger partial charge on any atom is -0.493 e. The molecule has 0 amide bonds.